The van der Waals surface area contributed by atoms with Gasteiger partial charge in [-0.1, -0.05) is 32.6 Å². The maximum atomic E-state index is 6.07. The number of unbranched alkanes of at least 4 members (excludes halogenated alkanes) is 3. The molecule has 0 amide bonds. The molecule has 84 valence electrons. The second kappa shape index (κ2) is 7.41. The normalized spacial score (nSPS) is 12.7. The first-order valence-corrected chi connectivity index (χ1v) is 5.97. The Kier molecular flexibility index (Phi) is 6.02. The molecular weight excluding hydrogens is 184 g/mol. The van der Waals surface area contributed by atoms with Gasteiger partial charge in [-0.15, -0.1) is 0 Å². The molecule has 0 saturated heterocycles. The minimum atomic E-state index is 0.309. The Hall–Kier alpha value is -0.890. The van der Waals surface area contributed by atoms with E-state index in [0.717, 1.165) is 12.8 Å². The molecule has 1 heterocycles. The number of pyridine rings is 1. The summed E-state index contributed by atoms with van der Waals surface area (Å²) in [5.74, 6) is 0. The van der Waals surface area contributed by atoms with E-state index in [1.807, 2.05) is 24.5 Å². The van der Waals surface area contributed by atoms with Crippen molar-refractivity contribution >= 4 is 0 Å². The zero-order chi connectivity index (χ0) is 10.9. The SMILES string of the molecule is CCCCCCC(N)Cc1ccncc1. The van der Waals surface area contributed by atoms with Crippen LogP contribution in [0.1, 0.15) is 44.6 Å². The van der Waals surface area contributed by atoms with Crippen LogP contribution in [-0.2, 0) is 6.42 Å². The van der Waals surface area contributed by atoms with Crippen LogP contribution in [0, 0.1) is 0 Å². The van der Waals surface area contributed by atoms with E-state index in [1.165, 1.54) is 31.2 Å². The van der Waals surface area contributed by atoms with Crippen molar-refractivity contribution in [3.63, 3.8) is 0 Å². The van der Waals surface area contributed by atoms with E-state index in [9.17, 15) is 0 Å². The number of rotatable bonds is 7. The summed E-state index contributed by atoms with van der Waals surface area (Å²) in [7, 11) is 0. The van der Waals surface area contributed by atoms with Crippen molar-refractivity contribution in [1.29, 1.82) is 0 Å². The molecule has 1 rings (SSSR count). The monoisotopic (exact) mass is 206 g/mol. The van der Waals surface area contributed by atoms with Crippen molar-refractivity contribution in [3.8, 4) is 0 Å². The number of nitrogens with two attached hydrogens (primary N) is 1. The fraction of sp³-hybridized carbons (Fsp3) is 0.615. The second-order valence-electron chi connectivity index (χ2n) is 4.17. The molecule has 2 nitrogen and oxygen atoms in total. The van der Waals surface area contributed by atoms with Gasteiger partial charge in [-0.25, -0.2) is 0 Å². The van der Waals surface area contributed by atoms with E-state index in [1.54, 1.807) is 0 Å². The highest BCUT2D eigenvalue weighted by molar-refractivity contribution is 5.10. The molecule has 0 aliphatic rings. The van der Waals surface area contributed by atoms with Crippen molar-refractivity contribution in [2.24, 2.45) is 5.73 Å². The summed E-state index contributed by atoms with van der Waals surface area (Å²) in [6, 6.07) is 4.40. The van der Waals surface area contributed by atoms with Crippen molar-refractivity contribution in [2.45, 2.75) is 51.5 Å². The lowest BCUT2D eigenvalue weighted by Gasteiger charge is -2.10. The van der Waals surface area contributed by atoms with Gasteiger partial charge in [0.25, 0.3) is 0 Å². The minimum Gasteiger partial charge on any atom is -0.327 e. The summed E-state index contributed by atoms with van der Waals surface area (Å²) in [5, 5.41) is 0. The van der Waals surface area contributed by atoms with Crippen LogP contribution in [0.5, 0.6) is 0 Å². The van der Waals surface area contributed by atoms with Crippen molar-refractivity contribution < 1.29 is 0 Å². The molecule has 0 aliphatic carbocycles. The predicted molar refractivity (Wildman–Crippen MR) is 64.7 cm³/mol. The van der Waals surface area contributed by atoms with Crippen LogP contribution < -0.4 is 5.73 Å². The summed E-state index contributed by atoms with van der Waals surface area (Å²) in [6.45, 7) is 2.23. The van der Waals surface area contributed by atoms with E-state index >= 15 is 0 Å². The lowest BCUT2D eigenvalue weighted by molar-refractivity contribution is 0.546. The zero-order valence-corrected chi connectivity index (χ0v) is 9.65. The van der Waals surface area contributed by atoms with Gasteiger partial charge in [-0.05, 0) is 30.5 Å². The van der Waals surface area contributed by atoms with Crippen molar-refractivity contribution in [2.75, 3.05) is 0 Å². The fourth-order valence-electron chi connectivity index (χ4n) is 1.76. The van der Waals surface area contributed by atoms with Gasteiger partial charge >= 0.3 is 0 Å². The number of hydrogen-bond donors (Lipinski definition) is 1. The molecule has 2 heteroatoms. The Morgan fingerprint density at radius 2 is 1.93 bits per heavy atom. The fourth-order valence-corrected chi connectivity index (χ4v) is 1.76. The molecule has 1 aromatic heterocycles. The number of hydrogen-bond acceptors (Lipinski definition) is 2. The summed E-state index contributed by atoms with van der Waals surface area (Å²) in [6.07, 6.45) is 11.0. The lowest BCUT2D eigenvalue weighted by atomic mass is 10.0. The smallest absolute Gasteiger partial charge is 0.0270 e. The maximum absolute atomic E-state index is 6.07. The van der Waals surface area contributed by atoms with Crippen LogP contribution in [0.2, 0.25) is 0 Å². The van der Waals surface area contributed by atoms with Crippen LogP contribution in [0.4, 0.5) is 0 Å². The molecule has 2 N–H and O–H groups in total. The Bertz CT molecular complexity index is 246. The molecule has 0 bridgehead atoms. The quantitative estimate of drug-likeness (QED) is 0.697. The Balaban J connectivity index is 2.16. The topological polar surface area (TPSA) is 38.9 Å². The molecule has 1 aromatic rings. The van der Waals surface area contributed by atoms with Crippen LogP contribution in [0.3, 0.4) is 0 Å². The van der Waals surface area contributed by atoms with Crippen LogP contribution in [-0.4, -0.2) is 11.0 Å². The highest BCUT2D eigenvalue weighted by Crippen LogP contribution is 2.08. The van der Waals surface area contributed by atoms with E-state index in [4.69, 9.17) is 5.73 Å². The zero-order valence-electron chi connectivity index (χ0n) is 9.65. The van der Waals surface area contributed by atoms with Crippen LogP contribution in [0.25, 0.3) is 0 Å². The van der Waals surface area contributed by atoms with Gasteiger partial charge in [-0.3, -0.25) is 4.98 Å². The standard InChI is InChI=1S/C13H22N2/c1-2-3-4-5-6-13(14)11-12-7-9-15-10-8-12/h7-10,13H,2-6,11,14H2,1H3. The summed E-state index contributed by atoms with van der Waals surface area (Å²) < 4.78 is 0. The average Bonchev–Trinajstić information content (AvgIpc) is 2.26. The molecule has 0 saturated carbocycles. The summed E-state index contributed by atoms with van der Waals surface area (Å²) in [4.78, 5) is 4.00. The Morgan fingerprint density at radius 3 is 2.60 bits per heavy atom. The number of aromatic nitrogens is 1. The average molecular weight is 206 g/mol. The van der Waals surface area contributed by atoms with E-state index < -0.39 is 0 Å². The largest absolute Gasteiger partial charge is 0.327 e. The first kappa shape index (κ1) is 12.2. The highest BCUT2D eigenvalue weighted by atomic mass is 14.6. The van der Waals surface area contributed by atoms with E-state index in [0.29, 0.717) is 6.04 Å². The van der Waals surface area contributed by atoms with Gasteiger partial charge in [-0.2, -0.15) is 0 Å². The van der Waals surface area contributed by atoms with E-state index in [2.05, 4.69) is 11.9 Å². The molecule has 1 atom stereocenters. The molecule has 0 fully saturated rings. The molecule has 0 spiro atoms. The summed E-state index contributed by atoms with van der Waals surface area (Å²) in [5.41, 5.74) is 7.37. The third kappa shape index (κ3) is 5.53. The molecular formula is C13H22N2. The third-order valence-electron chi connectivity index (χ3n) is 2.68. The first-order chi connectivity index (χ1) is 7.33. The Morgan fingerprint density at radius 1 is 1.20 bits per heavy atom. The lowest BCUT2D eigenvalue weighted by Crippen LogP contribution is -2.22. The number of nitrogens with zero attached hydrogens (tertiary/aromatic N) is 1. The molecule has 0 aliphatic heterocycles. The van der Waals surface area contributed by atoms with Gasteiger partial charge in [0.2, 0.25) is 0 Å². The Labute approximate surface area is 92.9 Å². The first-order valence-electron chi connectivity index (χ1n) is 5.97. The van der Waals surface area contributed by atoms with Gasteiger partial charge in [0.1, 0.15) is 0 Å². The second-order valence-corrected chi connectivity index (χ2v) is 4.17. The van der Waals surface area contributed by atoms with Crippen molar-refractivity contribution in [3.05, 3.63) is 30.1 Å². The van der Waals surface area contributed by atoms with Gasteiger partial charge < -0.3 is 5.73 Å². The molecule has 15 heavy (non-hydrogen) atoms. The highest BCUT2D eigenvalue weighted by Gasteiger charge is 2.03. The van der Waals surface area contributed by atoms with Gasteiger partial charge in [0.05, 0.1) is 0 Å². The van der Waals surface area contributed by atoms with Gasteiger partial charge in [0, 0.05) is 18.4 Å². The minimum absolute atomic E-state index is 0.309. The molecule has 0 radical (unpaired) electrons. The molecule has 0 aromatic carbocycles. The molecule has 1 unspecified atom stereocenters. The van der Waals surface area contributed by atoms with Crippen LogP contribution >= 0.6 is 0 Å². The van der Waals surface area contributed by atoms with Crippen LogP contribution in [0.15, 0.2) is 24.5 Å². The van der Waals surface area contributed by atoms with Gasteiger partial charge in [0.15, 0.2) is 0 Å². The predicted octanol–water partition coefficient (Wildman–Crippen LogP) is 2.92. The summed E-state index contributed by atoms with van der Waals surface area (Å²) >= 11 is 0. The maximum Gasteiger partial charge on any atom is 0.0270 e. The van der Waals surface area contributed by atoms with Crippen molar-refractivity contribution in [1.82, 2.24) is 4.98 Å². The van der Waals surface area contributed by atoms with E-state index in [-0.39, 0.29) is 0 Å². The third-order valence-corrected chi connectivity index (χ3v) is 2.68.